The first-order chi connectivity index (χ1) is 6.99. The van der Waals surface area contributed by atoms with Crippen LogP contribution >= 0.6 is 15.9 Å². The molecule has 0 saturated carbocycles. The highest BCUT2D eigenvalue weighted by molar-refractivity contribution is 9.10. The number of hydrogen-bond acceptors (Lipinski definition) is 2. The average molecular weight is 273 g/mol. The molecule has 1 rings (SSSR count). The number of halogens is 1. The van der Waals surface area contributed by atoms with Gasteiger partial charge in [0.2, 0.25) is 0 Å². The van der Waals surface area contributed by atoms with Gasteiger partial charge in [-0.15, -0.1) is 0 Å². The fraction of sp³-hybridized carbons (Fsp3) is 0.364. The quantitative estimate of drug-likeness (QED) is 0.920. The minimum absolute atomic E-state index is 0.589. The molecule has 0 aliphatic carbocycles. The highest BCUT2D eigenvalue weighted by atomic mass is 79.9. The van der Waals surface area contributed by atoms with Gasteiger partial charge in [-0.2, -0.15) is 0 Å². The molecule has 1 unspecified atom stereocenters. The van der Waals surface area contributed by atoms with E-state index < -0.39 is 11.9 Å². The average Bonchev–Trinajstić information content (AvgIpc) is 2.20. The summed E-state index contributed by atoms with van der Waals surface area (Å²) < 4.78 is 5.96. The van der Waals surface area contributed by atoms with Crippen LogP contribution in [0, 0.1) is 6.92 Å². The molecule has 0 aromatic heterocycles. The minimum atomic E-state index is -0.861. The second-order valence-electron chi connectivity index (χ2n) is 3.37. The van der Waals surface area contributed by atoms with Crippen molar-refractivity contribution in [1.29, 1.82) is 0 Å². The zero-order chi connectivity index (χ0) is 11.6. The Balaban J connectivity index is 3.35. The Kier molecular flexibility index (Phi) is 3.74. The summed E-state index contributed by atoms with van der Waals surface area (Å²) in [6.07, 6.45) is 0. The summed E-state index contributed by atoms with van der Waals surface area (Å²) in [5, 5.41) is 8.99. The van der Waals surface area contributed by atoms with Crippen LogP contribution in [0.3, 0.4) is 0 Å². The zero-order valence-corrected chi connectivity index (χ0v) is 10.5. The summed E-state index contributed by atoms with van der Waals surface area (Å²) in [6.45, 7) is 3.56. The number of carboxylic acid groups (broad SMARTS) is 1. The van der Waals surface area contributed by atoms with Crippen molar-refractivity contribution in [1.82, 2.24) is 0 Å². The maximum atomic E-state index is 11.0. The Bertz CT molecular complexity index is 388. The van der Waals surface area contributed by atoms with Gasteiger partial charge >= 0.3 is 5.97 Å². The van der Waals surface area contributed by atoms with E-state index in [0.29, 0.717) is 11.3 Å². The Morgan fingerprint density at radius 2 is 2.13 bits per heavy atom. The van der Waals surface area contributed by atoms with Crippen molar-refractivity contribution in [2.45, 2.75) is 19.8 Å². The van der Waals surface area contributed by atoms with E-state index in [4.69, 9.17) is 9.84 Å². The first-order valence-electron chi connectivity index (χ1n) is 4.54. The van der Waals surface area contributed by atoms with Crippen molar-refractivity contribution in [3.63, 3.8) is 0 Å². The number of rotatable bonds is 3. The standard InChI is InChI=1S/C11H13BrO3/c1-6-4-5-8(15-3)9(10(6)12)7(2)11(13)14/h4-5,7H,1-3H3,(H,13,14). The molecule has 4 heteroatoms. The van der Waals surface area contributed by atoms with E-state index in [1.165, 1.54) is 7.11 Å². The van der Waals surface area contributed by atoms with E-state index in [0.717, 1.165) is 10.0 Å². The molecule has 15 heavy (non-hydrogen) atoms. The third kappa shape index (κ3) is 2.31. The molecule has 0 aliphatic heterocycles. The molecule has 0 amide bonds. The van der Waals surface area contributed by atoms with Crippen molar-refractivity contribution >= 4 is 21.9 Å². The molecule has 82 valence electrons. The number of carbonyl (C=O) groups is 1. The molecule has 0 saturated heterocycles. The molecule has 0 heterocycles. The van der Waals surface area contributed by atoms with Crippen LogP contribution in [-0.4, -0.2) is 18.2 Å². The molecule has 1 aromatic rings. The lowest BCUT2D eigenvalue weighted by molar-refractivity contribution is -0.138. The Hall–Kier alpha value is -1.03. The topological polar surface area (TPSA) is 46.5 Å². The normalized spacial score (nSPS) is 12.3. The van der Waals surface area contributed by atoms with Gasteiger partial charge in [0.1, 0.15) is 5.75 Å². The maximum Gasteiger partial charge on any atom is 0.310 e. The number of carboxylic acids is 1. The van der Waals surface area contributed by atoms with Gasteiger partial charge in [-0.05, 0) is 25.5 Å². The summed E-state index contributed by atoms with van der Waals surface area (Å²) in [5.74, 6) is -0.851. The highest BCUT2D eigenvalue weighted by Gasteiger charge is 2.22. The zero-order valence-electron chi connectivity index (χ0n) is 8.87. The second kappa shape index (κ2) is 4.66. The number of benzene rings is 1. The second-order valence-corrected chi connectivity index (χ2v) is 4.17. The van der Waals surface area contributed by atoms with Crippen molar-refractivity contribution in [2.24, 2.45) is 0 Å². The van der Waals surface area contributed by atoms with E-state index >= 15 is 0 Å². The van der Waals surface area contributed by atoms with Crippen LogP contribution in [0.25, 0.3) is 0 Å². The molecule has 1 N–H and O–H groups in total. The van der Waals surface area contributed by atoms with Gasteiger partial charge in [0.05, 0.1) is 13.0 Å². The predicted octanol–water partition coefficient (Wildman–Crippen LogP) is 2.95. The van der Waals surface area contributed by atoms with E-state index in [2.05, 4.69) is 15.9 Å². The fourth-order valence-corrected chi connectivity index (χ4v) is 2.06. The lowest BCUT2D eigenvalue weighted by atomic mass is 9.98. The maximum absolute atomic E-state index is 11.0. The molecule has 0 aliphatic rings. The van der Waals surface area contributed by atoms with Crippen molar-refractivity contribution in [2.75, 3.05) is 7.11 Å². The molecule has 0 spiro atoms. The van der Waals surface area contributed by atoms with Gasteiger partial charge in [-0.25, -0.2) is 0 Å². The van der Waals surface area contributed by atoms with Gasteiger partial charge in [0.15, 0.2) is 0 Å². The van der Waals surface area contributed by atoms with Gasteiger partial charge in [-0.1, -0.05) is 22.0 Å². The monoisotopic (exact) mass is 272 g/mol. The predicted molar refractivity (Wildman–Crippen MR) is 61.5 cm³/mol. The molecular formula is C11H13BrO3. The first-order valence-corrected chi connectivity index (χ1v) is 5.34. The number of aliphatic carboxylic acids is 1. The summed E-state index contributed by atoms with van der Waals surface area (Å²) in [5.41, 5.74) is 1.68. The van der Waals surface area contributed by atoms with E-state index in [-0.39, 0.29) is 0 Å². The number of methoxy groups -OCH3 is 1. The summed E-state index contributed by atoms with van der Waals surface area (Å²) in [4.78, 5) is 11.0. The van der Waals surface area contributed by atoms with Gasteiger partial charge in [0, 0.05) is 10.0 Å². The van der Waals surface area contributed by atoms with E-state index in [1.54, 1.807) is 13.0 Å². The third-order valence-electron chi connectivity index (χ3n) is 2.36. The fourth-order valence-electron chi connectivity index (χ4n) is 1.39. The first kappa shape index (κ1) is 12.0. The van der Waals surface area contributed by atoms with E-state index in [9.17, 15) is 4.79 Å². The molecule has 1 atom stereocenters. The molecular weight excluding hydrogens is 260 g/mol. The Morgan fingerprint density at radius 1 is 1.53 bits per heavy atom. The lowest BCUT2D eigenvalue weighted by Crippen LogP contribution is -2.10. The van der Waals surface area contributed by atoms with Crippen LogP contribution in [0.5, 0.6) is 5.75 Å². The summed E-state index contributed by atoms with van der Waals surface area (Å²) in [7, 11) is 1.54. The van der Waals surface area contributed by atoms with Crippen molar-refractivity contribution < 1.29 is 14.6 Å². The van der Waals surface area contributed by atoms with Crippen LogP contribution in [0.1, 0.15) is 24.0 Å². The van der Waals surface area contributed by atoms with Crippen LogP contribution < -0.4 is 4.74 Å². The number of aryl methyl sites for hydroxylation is 1. The SMILES string of the molecule is COc1ccc(C)c(Br)c1C(C)C(=O)O. The minimum Gasteiger partial charge on any atom is -0.496 e. The number of hydrogen-bond donors (Lipinski definition) is 1. The number of ether oxygens (including phenoxy) is 1. The van der Waals surface area contributed by atoms with Crippen LogP contribution in [0.2, 0.25) is 0 Å². The lowest BCUT2D eigenvalue weighted by Gasteiger charge is -2.15. The molecule has 3 nitrogen and oxygen atoms in total. The van der Waals surface area contributed by atoms with Gasteiger partial charge in [0.25, 0.3) is 0 Å². The van der Waals surface area contributed by atoms with Gasteiger partial charge in [-0.3, -0.25) is 4.79 Å². The van der Waals surface area contributed by atoms with Crippen LogP contribution in [-0.2, 0) is 4.79 Å². The van der Waals surface area contributed by atoms with Crippen molar-refractivity contribution in [3.8, 4) is 5.75 Å². The van der Waals surface area contributed by atoms with Crippen LogP contribution in [0.15, 0.2) is 16.6 Å². The Labute approximate surface area is 97.2 Å². The third-order valence-corrected chi connectivity index (χ3v) is 3.41. The molecule has 0 fully saturated rings. The molecule has 0 radical (unpaired) electrons. The highest BCUT2D eigenvalue weighted by Crippen LogP contribution is 2.35. The Morgan fingerprint density at radius 3 is 2.60 bits per heavy atom. The summed E-state index contributed by atoms with van der Waals surface area (Å²) in [6, 6.07) is 3.68. The van der Waals surface area contributed by atoms with Crippen molar-refractivity contribution in [3.05, 3.63) is 27.7 Å². The van der Waals surface area contributed by atoms with Crippen LogP contribution in [0.4, 0.5) is 0 Å². The largest absolute Gasteiger partial charge is 0.496 e. The van der Waals surface area contributed by atoms with Gasteiger partial charge < -0.3 is 9.84 Å². The smallest absolute Gasteiger partial charge is 0.310 e. The molecule has 0 bridgehead atoms. The van der Waals surface area contributed by atoms with E-state index in [1.807, 2.05) is 13.0 Å². The molecule has 1 aromatic carbocycles. The summed E-state index contributed by atoms with van der Waals surface area (Å²) >= 11 is 3.40.